The number of unbranched alkanes of at least 4 members (excludes halogenated alkanes) is 1. The fraction of sp³-hybridized carbons (Fsp3) is 0.538. The van der Waals surface area contributed by atoms with E-state index in [0.29, 0.717) is 21.6 Å². The third-order valence-corrected chi connectivity index (χ3v) is 4.71. The van der Waals surface area contributed by atoms with Gasteiger partial charge in [-0.05, 0) is 12.8 Å². The Morgan fingerprint density at radius 1 is 1.50 bits per heavy atom. The van der Waals surface area contributed by atoms with Crippen LogP contribution in [0.25, 0.3) is 4.96 Å². The number of aliphatic imine (C=N–C) groups is 1. The van der Waals surface area contributed by atoms with Gasteiger partial charge in [-0.2, -0.15) is 9.61 Å². The quantitative estimate of drug-likeness (QED) is 0.485. The molecule has 2 N–H and O–H groups in total. The van der Waals surface area contributed by atoms with Crippen molar-refractivity contribution >= 4 is 45.6 Å². The van der Waals surface area contributed by atoms with Crippen molar-refractivity contribution < 1.29 is 0 Å². The molecular formula is C13H20ClN5OS2. The first kappa shape index (κ1) is 18.9. The Kier molecular flexibility index (Phi) is 7.84. The number of nitrogens with two attached hydrogens (primary N) is 1. The molecule has 0 radical (unpaired) electrons. The topological polar surface area (TPSA) is 85.6 Å². The van der Waals surface area contributed by atoms with Crippen molar-refractivity contribution in [1.29, 1.82) is 0 Å². The Balaban J connectivity index is 0.00000242. The van der Waals surface area contributed by atoms with Gasteiger partial charge in [0, 0.05) is 18.4 Å². The molecule has 22 heavy (non-hydrogen) atoms. The number of rotatable bonds is 6. The van der Waals surface area contributed by atoms with Crippen LogP contribution in [0.5, 0.6) is 0 Å². The number of fused-ring (bicyclic) bond motifs is 1. The number of aromatic nitrogens is 3. The van der Waals surface area contributed by atoms with Crippen molar-refractivity contribution in [1.82, 2.24) is 14.6 Å². The zero-order valence-electron chi connectivity index (χ0n) is 12.6. The predicted molar refractivity (Wildman–Crippen MR) is 96.5 cm³/mol. The number of amidine groups is 1. The second kappa shape index (κ2) is 9.12. The lowest BCUT2D eigenvalue weighted by molar-refractivity contribution is 0.809. The lowest BCUT2D eigenvalue weighted by atomic mass is 10.3. The normalized spacial score (nSPS) is 11.6. The van der Waals surface area contributed by atoms with Crippen molar-refractivity contribution in [2.75, 3.05) is 6.54 Å². The number of thioether (sulfide) groups is 1. The van der Waals surface area contributed by atoms with E-state index in [1.165, 1.54) is 33.7 Å². The van der Waals surface area contributed by atoms with Gasteiger partial charge in [-0.15, -0.1) is 12.4 Å². The van der Waals surface area contributed by atoms with E-state index < -0.39 is 0 Å². The van der Waals surface area contributed by atoms with Gasteiger partial charge in [0.15, 0.2) is 5.17 Å². The number of hydrogen-bond donors (Lipinski definition) is 1. The van der Waals surface area contributed by atoms with Crippen molar-refractivity contribution in [2.24, 2.45) is 10.7 Å². The summed E-state index contributed by atoms with van der Waals surface area (Å²) in [5.74, 6) is 0.548. The fourth-order valence-corrected chi connectivity index (χ4v) is 3.14. The third kappa shape index (κ3) is 4.96. The molecule has 0 bridgehead atoms. The van der Waals surface area contributed by atoms with Crippen LogP contribution in [0.4, 0.5) is 0 Å². The molecule has 2 aromatic rings. The van der Waals surface area contributed by atoms with Gasteiger partial charge in [0.2, 0.25) is 4.96 Å². The molecule has 0 amide bonds. The lowest BCUT2D eigenvalue weighted by Crippen LogP contribution is -2.16. The van der Waals surface area contributed by atoms with Crippen LogP contribution in [0.15, 0.2) is 15.9 Å². The summed E-state index contributed by atoms with van der Waals surface area (Å²) >= 11 is 2.86. The summed E-state index contributed by atoms with van der Waals surface area (Å²) in [6.07, 6.45) is 2.93. The van der Waals surface area contributed by atoms with Crippen LogP contribution < -0.4 is 11.3 Å². The molecule has 2 heterocycles. The maximum Gasteiger partial charge on any atom is 0.275 e. The summed E-state index contributed by atoms with van der Waals surface area (Å²) in [5.41, 5.74) is 6.40. The van der Waals surface area contributed by atoms with E-state index in [2.05, 4.69) is 22.0 Å². The maximum atomic E-state index is 12.0. The number of nitrogens with zero attached hydrogens (tertiary/aromatic N) is 4. The van der Waals surface area contributed by atoms with Crippen molar-refractivity contribution in [3.8, 4) is 0 Å². The first-order valence-electron chi connectivity index (χ1n) is 6.95. The average Bonchev–Trinajstić information content (AvgIpc) is 2.89. The van der Waals surface area contributed by atoms with Gasteiger partial charge < -0.3 is 5.73 Å². The van der Waals surface area contributed by atoms with Crippen LogP contribution in [-0.2, 0) is 12.2 Å². The number of aryl methyl sites for hydroxylation is 1. The van der Waals surface area contributed by atoms with E-state index in [-0.39, 0.29) is 18.0 Å². The molecule has 122 valence electrons. The molecule has 0 saturated heterocycles. The second-order valence-corrected chi connectivity index (χ2v) is 6.53. The van der Waals surface area contributed by atoms with Crippen LogP contribution in [0.1, 0.15) is 37.4 Å². The summed E-state index contributed by atoms with van der Waals surface area (Å²) in [5, 5.41) is 5.67. The van der Waals surface area contributed by atoms with Gasteiger partial charge in [0.1, 0.15) is 5.01 Å². The molecule has 0 atom stereocenters. The summed E-state index contributed by atoms with van der Waals surface area (Å²) in [6, 6.07) is 1.51. The molecule has 0 fully saturated rings. The minimum Gasteiger partial charge on any atom is -0.379 e. The largest absolute Gasteiger partial charge is 0.379 e. The van der Waals surface area contributed by atoms with Gasteiger partial charge in [-0.1, -0.05) is 43.4 Å². The molecule has 0 aliphatic heterocycles. The van der Waals surface area contributed by atoms with Gasteiger partial charge in [-0.25, -0.2) is 4.98 Å². The molecule has 9 heteroatoms. The SMILES string of the molecule is CCCCN=C(N)SCc1cc(=O)n2nc(CC)sc2n1.Cl. The van der Waals surface area contributed by atoms with Gasteiger partial charge in [0.05, 0.1) is 5.69 Å². The minimum atomic E-state index is -0.145. The summed E-state index contributed by atoms with van der Waals surface area (Å²) in [4.78, 5) is 21.3. The molecule has 2 rings (SSSR count). The zero-order chi connectivity index (χ0) is 15.2. The van der Waals surface area contributed by atoms with E-state index in [0.717, 1.165) is 30.8 Å². The van der Waals surface area contributed by atoms with Crippen LogP contribution in [0, 0.1) is 0 Å². The number of halogens is 1. The first-order valence-corrected chi connectivity index (χ1v) is 8.75. The summed E-state index contributed by atoms with van der Waals surface area (Å²) in [6.45, 7) is 4.87. The van der Waals surface area contributed by atoms with Gasteiger partial charge >= 0.3 is 0 Å². The summed E-state index contributed by atoms with van der Waals surface area (Å²) < 4.78 is 1.36. The van der Waals surface area contributed by atoms with E-state index in [4.69, 9.17) is 5.73 Å². The average molecular weight is 362 g/mol. The Morgan fingerprint density at radius 2 is 2.27 bits per heavy atom. The third-order valence-electron chi connectivity index (χ3n) is 2.79. The van der Waals surface area contributed by atoms with Crippen LogP contribution >= 0.6 is 35.5 Å². The van der Waals surface area contributed by atoms with Gasteiger partial charge in [-0.3, -0.25) is 9.79 Å². The second-order valence-electron chi connectivity index (χ2n) is 4.49. The lowest BCUT2D eigenvalue weighted by Gasteiger charge is -2.01. The monoisotopic (exact) mass is 361 g/mol. The molecular weight excluding hydrogens is 342 g/mol. The highest BCUT2D eigenvalue weighted by molar-refractivity contribution is 8.13. The van der Waals surface area contributed by atoms with Crippen LogP contribution in [0.3, 0.4) is 0 Å². The smallest absolute Gasteiger partial charge is 0.275 e. The van der Waals surface area contributed by atoms with Crippen LogP contribution in [-0.4, -0.2) is 26.3 Å². The van der Waals surface area contributed by atoms with Crippen molar-refractivity contribution in [2.45, 2.75) is 38.9 Å². The van der Waals surface area contributed by atoms with E-state index >= 15 is 0 Å². The molecule has 0 spiro atoms. The Morgan fingerprint density at radius 3 is 2.95 bits per heavy atom. The maximum absolute atomic E-state index is 12.0. The standard InChI is InChI=1S/C13H19N5OS2.ClH/c1-3-5-6-15-12(14)20-8-9-7-11(19)18-13(16-9)21-10(4-2)17-18;/h7H,3-6,8H2,1-2H3,(H2,14,15);1H. The predicted octanol–water partition coefficient (Wildman–Crippen LogP) is 2.48. The Hall–Kier alpha value is -1.12. The van der Waals surface area contributed by atoms with Gasteiger partial charge in [0.25, 0.3) is 5.56 Å². The molecule has 0 aliphatic carbocycles. The zero-order valence-corrected chi connectivity index (χ0v) is 15.1. The molecule has 2 aromatic heterocycles. The van der Waals surface area contributed by atoms with Crippen molar-refractivity contribution in [3.05, 3.63) is 27.1 Å². The molecule has 0 saturated carbocycles. The van der Waals surface area contributed by atoms with E-state index in [1.807, 2.05) is 6.92 Å². The summed E-state index contributed by atoms with van der Waals surface area (Å²) in [7, 11) is 0. The van der Waals surface area contributed by atoms with E-state index in [1.54, 1.807) is 0 Å². The molecule has 0 aliphatic rings. The fourth-order valence-electron chi connectivity index (χ4n) is 1.65. The highest BCUT2D eigenvalue weighted by Gasteiger charge is 2.08. The minimum absolute atomic E-state index is 0. The highest BCUT2D eigenvalue weighted by Crippen LogP contribution is 2.14. The number of hydrogen-bond acceptors (Lipinski definition) is 6. The van der Waals surface area contributed by atoms with Crippen molar-refractivity contribution in [3.63, 3.8) is 0 Å². The Labute approximate surface area is 143 Å². The molecule has 0 aromatic carbocycles. The Bertz CT molecular complexity index is 697. The molecule has 6 nitrogen and oxygen atoms in total. The molecule has 0 unspecified atom stereocenters. The van der Waals surface area contributed by atoms with E-state index in [9.17, 15) is 4.79 Å². The first-order chi connectivity index (χ1) is 10.1. The highest BCUT2D eigenvalue weighted by atomic mass is 35.5. The van der Waals surface area contributed by atoms with Crippen LogP contribution in [0.2, 0.25) is 0 Å².